The molecule has 1 amide bonds. The van der Waals surface area contributed by atoms with Crippen LogP contribution in [0.1, 0.15) is 11.1 Å². The lowest BCUT2D eigenvalue weighted by Gasteiger charge is -2.17. The van der Waals surface area contributed by atoms with Gasteiger partial charge in [0.05, 0.1) is 11.4 Å². The van der Waals surface area contributed by atoms with Gasteiger partial charge in [-0.15, -0.1) is 5.10 Å². The molecule has 0 saturated carbocycles. The third-order valence-electron chi connectivity index (χ3n) is 3.80. The Kier molecular flexibility index (Phi) is 5.62. The largest absolute Gasteiger partial charge is 0.341 e. The molecule has 0 atom stereocenters. The molecule has 0 unspecified atom stereocenters. The van der Waals surface area contributed by atoms with E-state index in [4.69, 9.17) is 0 Å². The number of thioether (sulfide) groups is 1. The van der Waals surface area contributed by atoms with Gasteiger partial charge in [-0.1, -0.05) is 42.1 Å². The van der Waals surface area contributed by atoms with Crippen LogP contribution < -0.4 is 0 Å². The van der Waals surface area contributed by atoms with Crippen molar-refractivity contribution in [2.75, 3.05) is 12.8 Å². The van der Waals surface area contributed by atoms with Crippen molar-refractivity contribution in [1.29, 1.82) is 0 Å². The Morgan fingerprint density at radius 3 is 2.81 bits per heavy atom. The Bertz CT molecular complexity index is 914. The molecule has 1 heterocycles. The number of amides is 1. The van der Waals surface area contributed by atoms with Crippen LogP contribution in [0.15, 0.2) is 53.7 Å². The standard InChI is InChI=1S/C18H18FN5OS/c1-13-6-5-8-15(10-13)24-18(20-21-22-24)26-12-17(25)23(2)11-14-7-3-4-9-16(14)19/h3-10H,11-12H2,1-2H3. The summed E-state index contributed by atoms with van der Waals surface area (Å²) in [5.74, 6) is -0.280. The van der Waals surface area contributed by atoms with Crippen molar-refractivity contribution < 1.29 is 9.18 Å². The molecule has 0 aliphatic heterocycles. The lowest BCUT2D eigenvalue weighted by Crippen LogP contribution is -2.28. The molecule has 0 saturated heterocycles. The van der Waals surface area contributed by atoms with Gasteiger partial charge in [-0.3, -0.25) is 4.79 Å². The lowest BCUT2D eigenvalue weighted by molar-refractivity contribution is -0.127. The zero-order valence-electron chi connectivity index (χ0n) is 14.5. The van der Waals surface area contributed by atoms with Crippen LogP contribution in [0.4, 0.5) is 4.39 Å². The van der Waals surface area contributed by atoms with Crippen LogP contribution in [0.25, 0.3) is 5.69 Å². The number of aromatic nitrogens is 4. The molecule has 1 aromatic heterocycles. The highest BCUT2D eigenvalue weighted by Gasteiger charge is 2.15. The average molecular weight is 371 g/mol. The summed E-state index contributed by atoms with van der Waals surface area (Å²) in [6.45, 7) is 2.21. The van der Waals surface area contributed by atoms with E-state index in [1.54, 1.807) is 29.9 Å². The van der Waals surface area contributed by atoms with Crippen LogP contribution in [0, 0.1) is 12.7 Å². The Labute approximate surface area is 155 Å². The number of hydrogen-bond donors (Lipinski definition) is 0. The van der Waals surface area contributed by atoms with E-state index in [0.717, 1.165) is 11.3 Å². The molecule has 26 heavy (non-hydrogen) atoms. The van der Waals surface area contributed by atoms with Crippen LogP contribution in [-0.4, -0.2) is 43.8 Å². The van der Waals surface area contributed by atoms with E-state index in [0.29, 0.717) is 10.7 Å². The van der Waals surface area contributed by atoms with E-state index in [-0.39, 0.29) is 24.0 Å². The molecule has 3 rings (SSSR count). The van der Waals surface area contributed by atoms with Crippen LogP contribution in [0.3, 0.4) is 0 Å². The van der Waals surface area contributed by atoms with Gasteiger partial charge >= 0.3 is 0 Å². The van der Waals surface area contributed by atoms with Crippen molar-refractivity contribution in [3.63, 3.8) is 0 Å². The molecular formula is C18H18FN5OS. The van der Waals surface area contributed by atoms with Crippen LogP contribution >= 0.6 is 11.8 Å². The number of benzene rings is 2. The summed E-state index contributed by atoms with van der Waals surface area (Å²) in [4.78, 5) is 13.9. The Morgan fingerprint density at radius 1 is 1.23 bits per heavy atom. The first kappa shape index (κ1) is 18.1. The monoisotopic (exact) mass is 371 g/mol. The summed E-state index contributed by atoms with van der Waals surface area (Å²) in [5, 5.41) is 12.2. The lowest BCUT2D eigenvalue weighted by atomic mass is 10.2. The van der Waals surface area contributed by atoms with Gasteiger partial charge in [0.15, 0.2) is 0 Å². The van der Waals surface area contributed by atoms with Crippen molar-refractivity contribution >= 4 is 17.7 Å². The van der Waals surface area contributed by atoms with E-state index < -0.39 is 0 Å². The predicted molar refractivity (Wildman–Crippen MR) is 97.5 cm³/mol. The molecule has 0 fully saturated rings. The van der Waals surface area contributed by atoms with Gasteiger partial charge in [0.25, 0.3) is 0 Å². The molecule has 3 aromatic rings. The molecule has 2 aromatic carbocycles. The minimum atomic E-state index is -0.316. The molecule has 134 valence electrons. The quantitative estimate of drug-likeness (QED) is 0.624. The molecule has 6 nitrogen and oxygen atoms in total. The van der Waals surface area contributed by atoms with Crippen molar-refractivity contribution in [3.05, 3.63) is 65.5 Å². The van der Waals surface area contributed by atoms with Gasteiger partial charge in [-0.05, 0) is 41.1 Å². The predicted octanol–water partition coefficient (Wildman–Crippen LogP) is 2.86. The van der Waals surface area contributed by atoms with Crippen molar-refractivity contribution in [2.24, 2.45) is 0 Å². The minimum absolute atomic E-state index is 0.128. The van der Waals surface area contributed by atoms with Crippen LogP contribution in [0.2, 0.25) is 0 Å². The van der Waals surface area contributed by atoms with Crippen molar-refractivity contribution in [3.8, 4) is 5.69 Å². The van der Waals surface area contributed by atoms with E-state index in [2.05, 4.69) is 15.5 Å². The molecule has 0 bridgehead atoms. The molecule has 8 heteroatoms. The van der Waals surface area contributed by atoms with Gasteiger partial charge in [0.1, 0.15) is 5.82 Å². The highest BCUT2D eigenvalue weighted by Crippen LogP contribution is 2.19. The third kappa shape index (κ3) is 4.26. The Hall–Kier alpha value is -2.74. The van der Waals surface area contributed by atoms with Gasteiger partial charge < -0.3 is 4.90 Å². The summed E-state index contributed by atoms with van der Waals surface area (Å²) in [5.41, 5.74) is 2.41. The molecule has 0 aliphatic rings. The number of halogens is 1. The van der Waals surface area contributed by atoms with E-state index in [9.17, 15) is 9.18 Å². The van der Waals surface area contributed by atoms with E-state index >= 15 is 0 Å². The van der Waals surface area contributed by atoms with E-state index in [1.807, 2.05) is 31.2 Å². The zero-order chi connectivity index (χ0) is 18.5. The summed E-state index contributed by atoms with van der Waals surface area (Å²) in [6, 6.07) is 14.2. The summed E-state index contributed by atoms with van der Waals surface area (Å²) in [7, 11) is 1.65. The Balaban J connectivity index is 1.63. The van der Waals surface area contributed by atoms with Gasteiger partial charge in [-0.25, -0.2) is 4.39 Å². The maximum absolute atomic E-state index is 13.7. The topological polar surface area (TPSA) is 63.9 Å². The van der Waals surface area contributed by atoms with Gasteiger partial charge in [0, 0.05) is 19.2 Å². The first-order valence-electron chi connectivity index (χ1n) is 8.00. The summed E-state index contributed by atoms with van der Waals surface area (Å²) >= 11 is 1.25. The number of hydrogen-bond acceptors (Lipinski definition) is 5. The maximum Gasteiger partial charge on any atom is 0.233 e. The molecular weight excluding hydrogens is 353 g/mol. The number of tetrazole rings is 1. The second-order valence-electron chi connectivity index (χ2n) is 5.84. The fourth-order valence-corrected chi connectivity index (χ4v) is 3.23. The second-order valence-corrected chi connectivity index (χ2v) is 6.78. The van der Waals surface area contributed by atoms with Crippen LogP contribution in [0.5, 0.6) is 0 Å². The number of nitrogens with zero attached hydrogens (tertiary/aromatic N) is 5. The molecule has 0 aliphatic carbocycles. The van der Waals surface area contributed by atoms with Crippen molar-refractivity contribution in [1.82, 2.24) is 25.1 Å². The molecule has 0 spiro atoms. The summed E-state index contributed by atoms with van der Waals surface area (Å²) < 4.78 is 15.3. The number of aryl methyl sites for hydroxylation is 1. The third-order valence-corrected chi connectivity index (χ3v) is 4.71. The number of rotatable bonds is 6. The molecule has 0 N–H and O–H groups in total. The SMILES string of the molecule is Cc1cccc(-n2nnnc2SCC(=O)N(C)Cc2ccccc2F)c1. The van der Waals surface area contributed by atoms with Crippen LogP contribution in [-0.2, 0) is 11.3 Å². The first-order valence-corrected chi connectivity index (χ1v) is 8.99. The number of carbonyl (C=O) groups is 1. The fraction of sp³-hybridized carbons (Fsp3) is 0.222. The van der Waals surface area contributed by atoms with Crippen molar-refractivity contribution in [2.45, 2.75) is 18.6 Å². The highest BCUT2D eigenvalue weighted by atomic mass is 32.2. The second kappa shape index (κ2) is 8.09. The van der Waals surface area contributed by atoms with E-state index in [1.165, 1.54) is 22.7 Å². The first-order chi connectivity index (χ1) is 12.5. The minimum Gasteiger partial charge on any atom is -0.341 e. The average Bonchev–Trinajstić information content (AvgIpc) is 3.10. The normalized spacial score (nSPS) is 10.7. The highest BCUT2D eigenvalue weighted by molar-refractivity contribution is 7.99. The van der Waals surface area contributed by atoms with Gasteiger partial charge in [-0.2, -0.15) is 4.68 Å². The summed E-state index contributed by atoms with van der Waals surface area (Å²) in [6.07, 6.45) is 0. The number of carbonyl (C=O) groups excluding carboxylic acids is 1. The maximum atomic E-state index is 13.7. The zero-order valence-corrected chi connectivity index (χ0v) is 15.3. The molecule has 0 radical (unpaired) electrons. The smallest absolute Gasteiger partial charge is 0.233 e. The van der Waals surface area contributed by atoms with Gasteiger partial charge in [0.2, 0.25) is 11.1 Å². The Morgan fingerprint density at radius 2 is 2.04 bits per heavy atom. The fourth-order valence-electron chi connectivity index (χ4n) is 2.40.